The molecule has 1 fully saturated rings. The van der Waals surface area contributed by atoms with Crippen LogP contribution < -0.4 is 0 Å². The molecule has 0 spiro atoms. The lowest BCUT2D eigenvalue weighted by Gasteiger charge is -2.29. The monoisotopic (exact) mass is 434 g/mol. The molecule has 1 aliphatic rings. The molecule has 0 aromatic heterocycles. The van der Waals surface area contributed by atoms with Crippen molar-refractivity contribution in [1.82, 2.24) is 0 Å². The number of rotatable bonds is 9. The zero-order valence-corrected chi connectivity index (χ0v) is 18.8. The van der Waals surface area contributed by atoms with E-state index in [1.54, 1.807) is 31.2 Å². The van der Waals surface area contributed by atoms with E-state index in [2.05, 4.69) is 6.92 Å². The summed E-state index contributed by atoms with van der Waals surface area (Å²) in [5.74, 6) is -2.54. The van der Waals surface area contributed by atoms with Gasteiger partial charge in [0.15, 0.2) is 23.3 Å². The molecular weight excluding hydrogens is 400 g/mol. The summed E-state index contributed by atoms with van der Waals surface area (Å²) < 4.78 is 57.8. The van der Waals surface area contributed by atoms with Crippen LogP contribution in [0, 0.1) is 29.2 Å². The fourth-order valence-corrected chi connectivity index (χ4v) is 4.92. The van der Waals surface area contributed by atoms with Gasteiger partial charge in [-0.1, -0.05) is 63.8 Å². The predicted molar refractivity (Wildman–Crippen MR) is 118 cm³/mol. The van der Waals surface area contributed by atoms with Crippen molar-refractivity contribution in [3.63, 3.8) is 0 Å². The first-order valence-electron chi connectivity index (χ1n) is 11.9. The number of hydrogen-bond acceptors (Lipinski definition) is 0. The minimum absolute atomic E-state index is 0.0686. The van der Waals surface area contributed by atoms with Crippen molar-refractivity contribution in [3.8, 4) is 0 Å². The Hall–Kier alpha value is -1.84. The minimum atomic E-state index is -0.882. The molecule has 0 heterocycles. The van der Waals surface area contributed by atoms with E-state index in [-0.39, 0.29) is 29.9 Å². The van der Waals surface area contributed by atoms with Crippen LogP contribution in [0.25, 0.3) is 0 Å². The Balaban J connectivity index is 1.63. The van der Waals surface area contributed by atoms with Crippen LogP contribution >= 0.6 is 0 Å². The maximum Gasteiger partial charge on any atom is 0.162 e. The highest BCUT2D eigenvalue weighted by Crippen LogP contribution is 2.39. The van der Waals surface area contributed by atoms with E-state index < -0.39 is 23.3 Å². The third-order valence-corrected chi connectivity index (χ3v) is 6.98. The van der Waals surface area contributed by atoms with Gasteiger partial charge in [-0.25, -0.2) is 17.6 Å². The summed E-state index contributed by atoms with van der Waals surface area (Å²) in [5, 5.41) is 0. The SMILES string of the molecule is CCCCCC1CCC(c2ccc(CCc3ccc(CC)c(F)c3F)c(F)c2F)CC1. The van der Waals surface area contributed by atoms with Gasteiger partial charge in [0.2, 0.25) is 0 Å². The molecule has 1 aliphatic carbocycles. The first kappa shape index (κ1) is 23.8. The van der Waals surface area contributed by atoms with Crippen LogP contribution in [0.5, 0.6) is 0 Å². The quantitative estimate of drug-likeness (QED) is 0.274. The molecule has 1 saturated carbocycles. The van der Waals surface area contributed by atoms with E-state index in [1.807, 2.05) is 0 Å². The van der Waals surface area contributed by atoms with E-state index in [9.17, 15) is 17.6 Å². The minimum Gasteiger partial charge on any atom is -0.203 e. The van der Waals surface area contributed by atoms with Crippen molar-refractivity contribution in [2.24, 2.45) is 5.92 Å². The summed E-state index contributed by atoms with van der Waals surface area (Å²) >= 11 is 0. The zero-order valence-electron chi connectivity index (χ0n) is 18.8. The summed E-state index contributed by atoms with van der Waals surface area (Å²) in [4.78, 5) is 0. The summed E-state index contributed by atoms with van der Waals surface area (Å²) in [7, 11) is 0. The molecule has 4 heteroatoms. The van der Waals surface area contributed by atoms with Crippen molar-refractivity contribution in [1.29, 1.82) is 0 Å². The molecule has 2 aromatic rings. The van der Waals surface area contributed by atoms with E-state index in [0.29, 0.717) is 23.5 Å². The third-order valence-electron chi connectivity index (χ3n) is 6.98. The smallest absolute Gasteiger partial charge is 0.162 e. The number of hydrogen-bond donors (Lipinski definition) is 0. The normalized spacial score (nSPS) is 19.0. The molecule has 0 saturated heterocycles. The van der Waals surface area contributed by atoms with Gasteiger partial charge in [-0.05, 0) is 79.0 Å². The summed E-state index contributed by atoms with van der Waals surface area (Å²) in [6, 6.07) is 6.42. The Labute approximate surface area is 184 Å². The van der Waals surface area contributed by atoms with Crippen LogP contribution in [0.3, 0.4) is 0 Å². The lowest BCUT2D eigenvalue weighted by Crippen LogP contribution is -2.15. The van der Waals surface area contributed by atoms with Gasteiger partial charge in [0, 0.05) is 0 Å². The summed E-state index contributed by atoms with van der Waals surface area (Å²) in [6.07, 6.45) is 9.62. The maximum absolute atomic E-state index is 14.9. The zero-order chi connectivity index (χ0) is 22.4. The van der Waals surface area contributed by atoms with Crippen molar-refractivity contribution in [3.05, 3.63) is 69.8 Å². The Bertz CT molecular complexity index is 866. The van der Waals surface area contributed by atoms with Gasteiger partial charge in [-0.2, -0.15) is 0 Å². The molecular formula is C27H34F4. The van der Waals surface area contributed by atoms with E-state index in [1.165, 1.54) is 25.7 Å². The Kier molecular flexibility index (Phi) is 8.57. The highest BCUT2D eigenvalue weighted by molar-refractivity contribution is 5.31. The van der Waals surface area contributed by atoms with Crippen LogP contribution in [0.4, 0.5) is 17.6 Å². The molecule has 0 aliphatic heterocycles. The molecule has 2 aromatic carbocycles. The van der Waals surface area contributed by atoms with Crippen LogP contribution in [-0.2, 0) is 19.3 Å². The van der Waals surface area contributed by atoms with Crippen LogP contribution in [-0.4, -0.2) is 0 Å². The number of aryl methyl sites for hydroxylation is 3. The number of halogens is 4. The van der Waals surface area contributed by atoms with Gasteiger partial charge in [0.05, 0.1) is 0 Å². The molecule has 3 rings (SSSR count). The fourth-order valence-electron chi connectivity index (χ4n) is 4.92. The number of benzene rings is 2. The van der Waals surface area contributed by atoms with Gasteiger partial charge in [0.1, 0.15) is 0 Å². The van der Waals surface area contributed by atoms with Crippen LogP contribution in [0.1, 0.15) is 93.4 Å². The molecule has 0 amide bonds. The summed E-state index contributed by atoms with van der Waals surface area (Å²) in [5.41, 5.74) is 1.20. The Morgan fingerprint density at radius 3 is 1.84 bits per heavy atom. The van der Waals surface area contributed by atoms with Crippen molar-refractivity contribution < 1.29 is 17.6 Å². The first-order valence-corrected chi connectivity index (χ1v) is 11.9. The van der Waals surface area contributed by atoms with Crippen molar-refractivity contribution in [2.45, 2.75) is 90.4 Å². The van der Waals surface area contributed by atoms with Gasteiger partial charge in [-0.3, -0.25) is 0 Å². The fraction of sp³-hybridized carbons (Fsp3) is 0.556. The largest absolute Gasteiger partial charge is 0.203 e. The second kappa shape index (κ2) is 11.2. The summed E-state index contributed by atoms with van der Waals surface area (Å²) in [6.45, 7) is 3.96. The average Bonchev–Trinajstić information content (AvgIpc) is 2.78. The lowest BCUT2D eigenvalue weighted by atomic mass is 9.76. The van der Waals surface area contributed by atoms with Crippen molar-refractivity contribution in [2.75, 3.05) is 0 Å². The maximum atomic E-state index is 14.9. The van der Waals surface area contributed by atoms with Crippen LogP contribution in [0.2, 0.25) is 0 Å². The molecule has 0 N–H and O–H groups in total. The van der Waals surface area contributed by atoms with E-state index >= 15 is 0 Å². The second-order valence-electron chi connectivity index (χ2n) is 9.02. The van der Waals surface area contributed by atoms with Gasteiger partial charge >= 0.3 is 0 Å². The van der Waals surface area contributed by atoms with Crippen LogP contribution in [0.15, 0.2) is 24.3 Å². The Morgan fingerprint density at radius 2 is 1.23 bits per heavy atom. The first-order chi connectivity index (χ1) is 15.0. The molecule has 0 atom stereocenters. The average molecular weight is 435 g/mol. The molecule has 170 valence electrons. The number of unbranched alkanes of at least 4 members (excludes halogenated alkanes) is 2. The molecule has 0 unspecified atom stereocenters. The standard InChI is InChI=1S/C27H34F4/c1-3-5-6-7-18-8-10-20(11-9-18)23-17-16-22(26(30)27(23)31)15-14-21-13-12-19(4-2)24(28)25(21)29/h12-13,16-18,20H,3-11,14-15H2,1-2H3. The van der Waals surface area contributed by atoms with Crippen molar-refractivity contribution >= 4 is 0 Å². The third kappa shape index (κ3) is 5.70. The molecule has 0 bridgehead atoms. The predicted octanol–water partition coefficient (Wildman–Crippen LogP) is 8.44. The van der Waals surface area contributed by atoms with Gasteiger partial charge in [-0.15, -0.1) is 0 Å². The molecule has 0 nitrogen and oxygen atoms in total. The second-order valence-corrected chi connectivity index (χ2v) is 9.02. The molecule has 0 radical (unpaired) electrons. The molecule has 31 heavy (non-hydrogen) atoms. The van der Waals surface area contributed by atoms with E-state index in [0.717, 1.165) is 25.7 Å². The highest BCUT2D eigenvalue weighted by atomic mass is 19.2. The van der Waals surface area contributed by atoms with E-state index in [4.69, 9.17) is 0 Å². The van der Waals surface area contributed by atoms with Gasteiger partial charge < -0.3 is 0 Å². The highest BCUT2D eigenvalue weighted by Gasteiger charge is 2.26. The Morgan fingerprint density at radius 1 is 0.677 bits per heavy atom. The topological polar surface area (TPSA) is 0 Å². The van der Waals surface area contributed by atoms with Gasteiger partial charge in [0.25, 0.3) is 0 Å². The lowest BCUT2D eigenvalue weighted by molar-refractivity contribution is 0.297.